The van der Waals surface area contributed by atoms with Crippen molar-refractivity contribution in [2.45, 2.75) is 33.3 Å². The van der Waals surface area contributed by atoms with Crippen LogP contribution in [-0.2, 0) is 16.0 Å². The lowest BCUT2D eigenvalue weighted by Gasteiger charge is -2.18. The van der Waals surface area contributed by atoms with Gasteiger partial charge < -0.3 is 14.4 Å². The molecule has 0 aliphatic heterocycles. The molecule has 0 N–H and O–H groups in total. The van der Waals surface area contributed by atoms with E-state index >= 15 is 0 Å². The van der Waals surface area contributed by atoms with Crippen molar-refractivity contribution >= 4 is 44.7 Å². The molecule has 33 heavy (non-hydrogen) atoms. The number of benzene rings is 2. The van der Waals surface area contributed by atoms with Gasteiger partial charge in [-0.3, -0.25) is 4.79 Å². The van der Waals surface area contributed by atoms with Crippen LogP contribution in [0.3, 0.4) is 0 Å². The quantitative estimate of drug-likeness (QED) is 0.333. The lowest BCUT2D eigenvalue weighted by atomic mass is 10.2. The highest BCUT2D eigenvalue weighted by atomic mass is 79.9. The summed E-state index contributed by atoms with van der Waals surface area (Å²) in [7, 11) is 3.82. The van der Waals surface area contributed by atoms with Gasteiger partial charge in [0.05, 0.1) is 23.7 Å². The highest BCUT2D eigenvalue weighted by Crippen LogP contribution is 2.25. The van der Waals surface area contributed by atoms with Crippen molar-refractivity contribution in [3.8, 4) is 5.75 Å². The van der Waals surface area contributed by atoms with Crippen LogP contribution < -0.4 is 15.2 Å². The number of nitrogens with zero attached hydrogens (tertiary/aromatic N) is 4. The Kier molecular flexibility index (Phi) is 7.86. The molecule has 3 rings (SSSR count). The van der Waals surface area contributed by atoms with Gasteiger partial charge in [-0.15, -0.1) is 0 Å². The summed E-state index contributed by atoms with van der Waals surface area (Å²) in [5.74, 6) is 0.538. The molecule has 0 unspecified atom stereocenters. The molecule has 0 radical (unpaired) electrons. The Morgan fingerprint density at radius 2 is 2.00 bits per heavy atom. The zero-order chi connectivity index (χ0) is 24.1. The first kappa shape index (κ1) is 24.4. The predicted molar refractivity (Wildman–Crippen MR) is 134 cm³/mol. The number of esters is 1. The van der Waals surface area contributed by atoms with Crippen molar-refractivity contribution in [3.63, 3.8) is 0 Å². The van der Waals surface area contributed by atoms with Gasteiger partial charge in [0, 0.05) is 42.3 Å². The molecule has 0 bridgehead atoms. The fourth-order valence-corrected chi connectivity index (χ4v) is 3.53. The third kappa shape index (κ3) is 5.60. The van der Waals surface area contributed by atoms with Crippen molar-refractivity contribution in [3.05, 3.63) is 62.6 Å². The molecular weight excluding hydrogens is 488 g/mol. The van der Waals surface area contributed by atoms with Crippen LogP contribution in [-0.4, -0.2) is 48.7 Å². The summed E-state index contributed by atoms with van der Waals surface area (Å²) in [6, 6.07) is 10.9. The molecule has 0 saturated carbocycles. The third-order valence-electron chi connectivity index (χ3n) is 4.94. The van der Waals surface area contributed by atoms with Crippen molar-refractivity contribution in [1.29, 1.82) is 0 Å². The molecular formula is C24H27BrN4O4. The normalized spacial score (nSPS) is 12.2. The zero-order valence-corrected chi connectivity index (χ0v) is 20.9. The Labute approximate surface area is 201 Å². The monoisotopic (exact) mass is 514 g/mol. The minimum Gasteiger partial charge on any atom is -0.478 e. The van der Waals surface area contributed by atoms with E-state index in [2.05, 4.69) is 26.0 Å². The van der Waals surface area contributed by atoms with Crippen molar-refractivity contribution < 1.29 is 14.3 Å². The van der Waals surface area contributed by atoms with Crippen LogP contribution in [0.15, 0.2) is 50.8 Å². The smallest absolute Gasteiger partial charge is 0.347 e. The van der Waals surface area contributed by atoms with Crippen LogP contribution in [0.1, 0.15) is 32.2 Å². The number of aromatic nitrogens is 2. The summed E-state index contributed by atoms with van der Waals surface area (Å²) >= 11 is 3.40. The minimum atomic E-state index is -0.803. The Balaban J connectivity index is 2.06. The molecule has 0 aliphatic carbocycles. The van der Waals surface area contributed by atoms with Gasteiger partial charge in [0.25, 0.3) is 5.56 Å². The molecule has 0 amide bonds. The van der Waals surface area contributed by atoms with Gasteiger partial charge in [0.1, 0.15) is 11.6 Å². The van der Waals surface area contributed by atoms with Crippen LogP contribution >= 0.6 is 15.9 Å². The standard InChI is InChI=1S/C24H27BrN4O4/c1-6-22-27-20-11-9-17(25)12-19(20)23(30)29(22)26-14-16-8-10-18(28(4)5)13-21(16)33-15(3)24(31)32-7-2/h8-15H,6-7H2,1-5H3/t15-/m1/s1. The van der Waals surface area contributed by atoms with Gasteiger partial charge in [0.15, 0.2) is 6.10 Å². The van der Waals surface area contributed by atoms with Crippen molar-refractivity contribution in [1.82, 2.24) is 9.66 Å². The number of ether oxygens (including phenoxy) is 2. The number of carbonyl (C=O) groups is 1. The van der Waals surface area contributed by atoms with Crippen LogP contribution in [0.25, 0.3) is 10.9 Å². The average Bonchev–Trinajstić information content (AvgIpc) is 2.79. The molecule has 0 saturated heterocycles. The molecule has 3 aromatic rings. The van der Waals surface area contributed by atoms with E-state index in [0.29, 0.717) is 34.5 Å². The van der Waals surface area contributed by atoms with Crippen LogP contribution in [0.2, 0.25) is 0 Å². The minimum absolute atomic E-state index is 0.262. The topological polar surface area (TPSA) is 86.0 Å². The molecule has 1 heterocycles. The van der Waals surface area contributed by atoms with Crippen LogP contribution in [0.5, 0.6) is 5.75 Å². The SMILES string of the molecule is CCOC(=O)[C@@H](C)Oc1cc(N(C)C)ccc1C=Nn1c(CC)nc2ccc(Br)cc2c1=O. The second-order valence-corrected chi connectivity index (χ2v) is 8.45. The molecule has 2 aromatic carbocycles. The molecule has 0 spiro atoms. The fourth-order valence-electron chi connectivity index (χ4n) is 3.17. The molecule has 9 heteroatoms. The maximum absolute atomic E-state index is 13.1. The molecule has 0 aliphatic rings. The van der Waals surface area contributed by atoms with E-state index in [9.17, 15) is 9.59 Å². The summed E-state index contributed by atoms with van der Waals surface area (Å²) in [4.78, 5) is 31.7. The van der Waals surface area contributed by atoms with E-state index < -0.39 is 12.1 Å². The fraction of sp³-hybridized carbons (Fsp3) is 0.333. The van der Waals surface area contributed by atoms with Gasteiger partial charge in [0.2, 0.25) is 0 Å². The number of aryl methyl sites for hydroxylation is 1. The first-order chi connectivity index (χ1) is 15.7. The number of rotatable bonds is 8. The first-order valence-electron chi connectivity index (χ1n) is 10.6. The molecule has 0 fully saturated rings. The van der Waals surface area contributed by atoms with Crippen LogP contribution in [0.4, 0.5) is 5.69 Å². The van der Waals surface area contributed by atoms with E-state index in [1.807, 2.05) is 50.2 Å². The summed E-state index contributed by atoms with van der Waals surface area (Å²) in [5, 5.41) is 4.91. The second kappa shape index (κ2) is 10.6. The lowest BCUT2D eigenvalue weighted by molar-refractivity contribution is -0.150. The Hall–Kier alpha value is -3.20. The zero-order valence-electron chi connectivity index (χ0n) is 19.3. The lowest BCUT2D eigenvalue weighted by Crippen LogP contribution is -2.26. The van der Waals surface area contributed by atoms with Gasteiger partial charge in [-0.05, 0) is 44.2 Å². The number of carbonyl (C=O) groups excluding carboxylic acids is 1. The van der Waals surface area contributed by atoms with Gasteiger partial charge in [-0.25, -0.2) is 9.78 Å². The third-order valence-corrected chi connectivity index (χ3v) is 5.43. The van der Waals surface area contributed by atoms with E-state index in [1.165, 1.54) is 4.68 Å². The maximum atomic E-state index is 13.1. The first-order valence-corrected chi connectivity index (χ1v) is 11.4. The van der Waals surface area contributed by atoms with Crippen molar-refractivity contribution in [2.75, 3.05) is 25.6 Å². The Morgan fingerprint density at radius 1 is 1.24 bits per heavy atom. The largest absolute Gasteiger partial charge is 0.478 e. The van der Waals surface area contributed by atoms with E-state index in [0.717, 1.165) is 10.2 Å². The average molecular weight is 515 g/mol. The van der Waals surface area contributed by atoms with Crippen molar-refractivity contribution in [2.24, 2.45) is 5.10 Å². The summed E-state index contributed by atoms with van der Waals surface area (Å²) in [5.41, 5.74) is 1.86. The van der Waals surface area contributed by atoms with Gasteiger partial charge in [-0.2, -0.15) is 9.78 Å². The Bertz CT molecular complexity index is 1250. The number of hydrogen-bond acceptors (Lipinski definition) is 7. The number of hydrogen-bond donors (Lipinski definition) is 0. The maximum Gasteiger partial charge on any atom is 0.347 e. The number of fused-ring (bicyclic) bond motifs is 1. The highest BCUT2D eigenvalue weighted by molar-refractivity contribution is 9.10. The summed E-state index contributed by atoms with van der Waals surface area (Å²) in [6.07, 6.45) is 1.27. The van der Waals surface area contributed by atoms with E-state index in [1.54, 1.807) is 32.2 Å². The van der Waals surface area contributed by atoms with Gasteiger partial charge in [-0.1, -0.05) is 22.9 Å². The summed E-state index contributed by atoms with van der Waals surface area (Å²) < 4.78 is 13.1. The second-order valence-electron chi connectivity index (χ2n) is 7.53. The van der Waals surface area contributed by atoms with Crippen LogP contribution in [0, 0.1) is 0 Å². The van der Waals surface area contributed by atoms with Gasteiger partial charge >= 0.3 is 5.97 Å². The van der Waals surface area contributed by atoms with E-state index in [-0.39, 0.29) is 12.2 Å². The number of anilines is 1. The molecule has 174 valence electrons. The summed E-state index contributed by atoms with van der Waals surface area (Å²) in [6.45, 7) is 5.56. The number of halogens is 1. The highest BCUT2D eigenvalue weighted by Gasteiger charge is 2.18. The Morgan fingerprint density at radius 3 is 2.67 bits per heavy atom. The predicted octanol–water partition coefficient (Wildman–Crippen LogP) is 4.00. The van der Waals surface area contributed by atoms with E-state index in [4.69, 9.17) is 9.47 Å². The molecule has 1 aromatic heterocycles. The molecule has 1 atom stereocenters. The molecule has 8 nitrogen and oxygen atoms in total.